The van der Waals surface area contributed by atoms with E-state index in [9.17, 15) is 10.0 Å². The summed E-state index contributed by atoms with van der Waals surface area (Å²) in [5, 5.41) is 14.1. The molecule has 0 aromatic carbocycles. The van der Waals surface area contributed by atoms with Gasteiger partial charge in [-0.25, -0.2) is 4.79 Å². The number of fused-ring (bicyclic) bond motifs is 5. The second-order valence-electron chi connectivity index (χ2n) is 18.7. The fourth-order valence-electron chi connectivity index (χ4n) is 11.8. The van der Waals surface area contributed by atoms with Crippen LogP contribution >= 0.6 is 0 Å². The minimum absolute atomic E-state index is 0.0404. The average molecular weight is 646 g/mol. The monoisotopic (exact) mass is 645 g/mol. The van der Waals surface area contributed by atoms with Gasteiger partial charge < -0.3 is 9.64 Å². The van der Waals surface area contributed by atoms with E-state index in [0.29, 0.717) is 24.0 Å². The highest BCUT2D eigenvalue weighted by atomic mass is 16.5. The number of allylic oxidation sites excluding steroid dienone is 2. The smallest absolute Gasteiger partial charge is 0.336 e. The molecule has 0 N–H and O–H groups in total. The van der Waals surface area contributed by atoms with Crippen LogP contribution in [0.5, 0.6) is 0 Å². The summed E-state index contributed by atoms with van der Waals surface area (Å²) in [5.74, 6) is 4.84. The van der Waals surface area contributed by atoms with Crippen LogP contribution in [0.4, 0.5) is 0 Å². The Hall–Kier alpha value is -1.85. The predicted molar refractivity (Wildman–Crippen MR) is 190 cm³/mol. The Morgan fingerprint density at radius 3 is 2.45 bits per heavy atom. The number of hydrogen-bond acceptors (Lipinski definition) is 4. The topological polar surface area (TPSA) is 52.7 Å². The van der Waals surface area contributed by atoms with Gasteiger partial charge in [-0.1, -0.05) is 77.7 Å². The van der Waals surface area contributed by atoms with Gasteiger partial charge in [0.05, 0.1) is 16.7 Å². The van der Waals surface area contributed by atoms with Crippen LogP contribution in [0.3, 0.4) is 0 Å². The highest BCUT2D eigenvalue weighted by Gasteiger charge is 2.59. The van der Waals surface area contributed by atoms with Crippen LogP contribution in [-0.4, -0.2) is 39.7 Å². The van der Waals surface area contributed by atoms with E-state index in [1.54, 1.807) is 5.57 Å². The molecule has 0 saturated heterocycles. The van der Waals surface area contributed by atoms with Gasteiger partial charge in [0.1, 0.15) is 6.10 Å². The van der Waals surface area contributed by atoms with Gasteiger partial charge in [0.25, 0.3) is 0 Å². The summed E-state index contributed by atoms with van der Waals surface area (Å²) in [7, 11) is 0. The molecule has 5 heteroatoms. The standard InChI is InChI=1S/C42H65N2O3/c1-28(2)12-10-13-29(3)35-17-18-36-34-16-15-31-24-33(19-21-41(31,8)37(34)20-22-42(35,36)9)47-38(45)30-14-11-23-43(26-30)27-32-25-39(4,5)44(46)40(32,6)7/h11,15,23,25-26,28-29,33-37H,10,12-14,16-22,24,27H2,1-9H3/t29-,33?,34+,35-,36+,37+,41+,42-/m1/s1. The Morgan fingerprint density at radius 2 is 1.74 bits per heavy atom. The highest BCUT2D eigenvalue weighted by molar-refractivity contribution is 5.89. The summed E-state index contributed by atoms with van der Waals surface area (Å²) in [6, 6.07) is 0. The van der Waals surface area contributed by atoms with Gasteiger partial charge in [0, 0.05) is 31.8 Å². The van der Waals surface area contributed by atoms with Gasteiger partial charge in [0.2, 0.25) is 0 Å². The fraction of sp³-hybridized carbons (Fsp3) is 0.786. The maximum Gasteiger partial charge on any atom is 0.336 e. The predicted octanol–water partition coefficient (Wildman–Crippen LogP) is 10.2. The van der Waals surface area contributed by atoms with Gasteiger partial charge in [-0.05, 0) is 125 Å². The second-order valence-corrected chi connectivity index (χ2v) is 18.7. The number of esters is 1. The Kier molecular flexibility index (Phi) is 9.53. The molecule has 261 valence electrons. The third kappa shape index (κ3) is 6.35. The molecule has 0 aromatic heterocycles. The van der Waals surface area contributed by atoms with E-state index in [1.165, 1.54) is 56.4 Å². The molecule has 4 aliphatic carbocycles. The van der Waals surface area contributed by atoms with E-state index in [1.807, 2.05) is 51.1 Å². The number of nitrogens with zero attached hydrogens (tertiary/aromatic N) is 2. The molecule has 6 aliphatic rings. The molecule has 8 atom stereocenters. The Bertz CT molecular complexity index is 1320. The summed E-state index contributed by atoms with van der Waals surface area (Å²) >= 11 is 0. The third-order valence-corrected chi connectivity index (χ3v) is 14.4. The molecule has 47 heavy (non-hydrogen) atoms. The normalized spacial score (nSPS) is 38.2. The molecule has 6 rings (SSSR count). The van der Waals surface area contributed by atoms with Crippen molar-refractivity contribution in [1.82, 2.24) is 9.96 Å². The largest absolute Gasteiger partial charge is 0.459 e. The summed E-state index contributed by atoms with van der Waals surface area (Å²) in [4.78, 5) is 15.5. The number of hydroxylamine groups is 2. The van der Waals surface area contributed by atoms with Crippen LogP contribution in [0, 0.1) is 46.3 Å². The molecule has 5 nitrogen and oxygen atoms in total. The molecule has 1 unspecified atom stereocenters. The number of rotatable bonds is 9. The molecule has 0 aromatic rings. The van der Waals surface area contributed by atoms with E-state index >= 15 is 0 Å². The first-order valence-electron chi connectivity index (χ1n) is 19.3. The first kappa shape index (κ1) is 35.0. The third-order valence-electron chi connectivity index (χ3n) is 14.4. The van der Waals surface area contributed by atoms with Crippen LogP contribution in [0.15, 0.2) is 47.3 Å². The van der Waals surface area contributed by atoms with Crippen molar-refractivity contribution in [2.24, 2.45) is 46.3 Å². The minimum Gasteiger partial charge on any atom is -0.459 e. The zero-order valence-corrected chi connectivity index (χ0v) is 31.2. The van der Waals surface area contributed by atoms with Crippen molar-refractivity contribution < 1.29 is 14.7 Å². The van der Waals surface area contributed by atoms with Crippen molar-refractivity contribution in [1.29, 1.82) is 0 Å². The van der Waals surface area contributed by atoms with E-state index in [2.05, 4.69) is 46.8 Å². The molecule has 0 spiro atoms. The summed E-state index contributed by atoms with van der Waals surface area (Å²) in [5.41, 5.74) is 3.01. The van der Waals surface area contributed by atoms with Gasteiger partial charge in [-0.3, -0.25) is 0 Å². The van der Waals surface area contributed by atoms with E-state index in [0.717, 1.165) is 60.3 Å². The lowest BCUT2D eigenvalue weighted by molar-refractivity contribution is -0.238. The van der Waals surface area contributed by atoms with Gasteiger partial charge >= 0.3 is 5.97 Å². The SMILES string of the molecule is CC(C)CCC[C@@H](C)[C@H]1CC[C@H]2[C@@H]3CC=C4CC(OC(=O)C5=CN(CC6=CC(C)(C)N([O])C6(C)C)C=CC5)CC[C@]4(C)[C@H]3CC[C@]12C. The zero-order chi connectivity index (χ0) is 33.9. The Morgan fingerprint density at radius 1 is 0.979 bits per heavy atom. The lowest BCUT2D eigenvalue weighted by atomic mass is 9.47. The fourth-order valence-corrected chi connectivity index (χ4v) is 11.8. The van der Waals surface area contributed by atoms with Crippen LogP contribution in [0.25, 0.3) is 0 Å². The van der Waals surface area contributed by atoms with Gasteiger partial charge in [0.15, 0.2) is 0 Å². The lowest BCUT2D eigenvalue weighted by Crippen LogP contribution is -2.51. The van der Waals surface area contributed by atoms with E-state index in [4.69, 9.17) is 4.74 Å². The molecule has 0 amide bonds. The quantitative estimate of drug-likeness (QED) is 0.185. The average Bonchev–Trinajstić information content (AvgIpc) is 3.44. The summed E-state index contributed by atoms with van der Waals surface area (Å²) < 4.78 is 6.26. The molecule has 3 fully saturated rings. The van der Waals surface area contributed by atoms with Crippen molar-refractivity contribution >= 4 is 5.97 Å². The Labute approximate surface area is 286 Å². The molecular formula is C42H65N2O3. The van der Waals surface area contributed by atoms with Crippen molar-refractivity contribution in [3.8, 4) is 0 Å². The zero-order valence-electron chi connectivity index (χ0n) is 31.2. The molecule has 0 bridgehead atoms. The molecule has 2 heterocycles. The number of carbonyl (C=O) groups excluding carboxylic acids is 1. The van der Waals surface area contributed by atoms with E-state index in [-0.39, 0.29) is 17.5 Å². The van der Waals surface area contributed by atoms with Crippen LogP contribution < -0.4 is 0 Å². The summed E-state index contributed by atoms with van der Waals surface area (Å²) in [6.45, 7) is 21.0. The highest BCUT2D eigenvalue weighted by Crippen LogP contribution is 2.67. The maximum atomic E-state index is 13.5. The van der Waals surface area contributed by atoms with E-state index < -0.39 is 11.1 Å². The number of carbonyl (C=O) groups is 1. The Balaban J connectivity index is 1.07. The molecular weight excluding hydrogens is 580 g/mol. The van der Waals surface area contributed by atoms with Crippen molar-refractivity contribution in [3.05, 3.63) is 47.3 Å². The first-order chi connectivity index (χ1) is 22.1. The lowest BCUT2D eigenvalue weighted by Gasteiger charge is -2.58. The van der Waals surface area contributed by atoms with Crippen LogP contribution in [-0.2, 0) is 14.7 Å². The second kappa shape index (κ2) is 12.8. The van der Waals surface area contributed by atoms with Crippen molar-refractivity contribution in [3.63, 3.8) is 0 Å². The van der Waals surface area contributed by atoms with Crippen LogP contribution in [0.2, 0.25) is 0 Å². The van der Waals surface area contributed by atoms with Gasteiger partial charge in [-0.15, -0.1) is 10.3 Å². The van der Waals surface area contributed by atoms with Gasteiger partial charge in [-0.2, -0.15) is 0 Å². The minimum atomic E-state index is -0.577. The number of ether oxygens (including phenoxy) is 1. The molecule has 2 aliphatic heterocycles. The molecule has 3 saturated carbocycles. The first-order valence-corrected chi connectivity index (χ1v) is 19.3. The van der Waals surface area contributed by atoms with Crippen molar-refractivity contribution in [2.75, 3.05) is 6.54 Å². The van der Waals surface area contributed by atoms with Crippen molar-refractivity contribution in [2.45, 2.75) is 157 Å². The molecule has 1 radical (unpaired) electrons. The number of hydrogen-bond donors (Lipinski definition) is 0. The summed E-state index contributed by atoms with van der Waals surface area (Å²) in [6.07, 6.45) is 25.3. The van der Waals surface area contributed by atoms with Crippen LogP contribution in [0.1, 0.15) is 139 Å². The maximum absolute atomic E-state index is 13.5.